The first kappa shape index (κ1) is 18.4. The van der Waals surface area contributed by atoms with E-state index in [2.05, 4.69) is 16.3 Å². The van der Waals surface area contributed by atoms with Crippen LogP contribution in [-0.4, -0.2) is 41.3 Å². The zero-order valence-electron chi connectivity index (χ0n) is 13.6. The molecule has 9 heteroatoms. The lowest BCUT2D eigenvalue weighted by atomic mass is 10.2. The molecule has 1 heterocycles. The van der Waals surface area contributed by atoms with Crippen molar-refractivity contribution in [2.24, 2.45) is 0 Å². The van der Waals surface area contributed by atoms with Gasteiger partial charge in [-0.1, -0.05) is 19.9 Å². The van der Waals surface area contributed by atoms with Gasteiger partial charge in [-0.3, -0.25) is 0 Å². The summed E-state index contributed by atoms with van der Waals surface area (Å²) in [5.74, 6) is 0.222. The quantitative estimate of drug-likeness (QED) is 0.695. The average molecular weight is 366 g/mol. The molecule has 0 radical (unpaired) electrons. The first-order valence-corrected chi connectivity index (χ1v) is 9.74. The van der Waals surface area contributed by atoms with Gasteiger partial charge >= 0.3 is 0 Å². The van der Waals surface area contributed by atoms with Gasteiger partial charge < -0.3 is 4.42 Å². The van der Waals surface area contributed by atoms with E-state index in [0.717, 1.165) is 11.8 Å². The van der Waals surface area contributed by atoms with Crippen LogP contribution in [0.3, 0.4) is 0 Å². The third-order valence-corrected chi connectivity index (χ3v) is 6.16. The maximum absolute atomic E-state index is 12.6. The summed E-state index contributed by atoms with van der Waals surface area (Å²) < 4.78 is 32.1. The van der Waals surface area contributed by atoms with Gasteiger partial charge in [0.15, 0.2) is 0 Å². The molecule has 0 N–H and O–H groups in total. The molecule has 0 aliphatic rings. The van der Waals surface area contributed by atoms with Crippen LogP contribution in [0.5, 0.6) is 0 Å². The van der Waals surface area contributed by atoms with E-state index in [1.807, 2.05) is 0 Å². The van der Waals surface area contributed by atoms with Gasteiger partial charge in [-0.05, 0) is 36.9 Å². The minimum Gasteiger partial charge on any atom is -0.411 e. The van der Waals surface area contributed by atoms with Gasteiger partial charge in [0.25, 0.3) is 5.22 Å². The van der Waals surface area contributed by atoms with Crippen LogP contribution in [0.25, 0.3) is 11.5 Å². The third-order valence-electron chi connectivity index (χ3n) is 3.29. The van der Waals surface area contributed by atoms with Gasteiger partial charge in [-0.15, -0.1) is 10.2 Å². The second-order valence-corrected chi connectivity index (χ2v) is 8.11. The van der Waals surface area contributed by atoms with Crippen molar-refractivity contribution in [3.8, 4) is 17.5 Å². The summed E-state index contributed by atoms with van der Waals surface area (Å²) in [5.41, 5.74) is 0.521. The molecule has 2 aromatic rings. The Kier molecular flexibility index (Phi) is 5.99. The average Bonchev–Trinajstić information content (AvgIpc) is 3.04. The molecule has 1 aromatic carbocycles. The third kappa shape index (κ3) is 3.95. The van der Waals surface area contributed by atoms with E-state index >= 15 is 0 Å². The van der Waals surface area contributed by atoms with Crippen LogP contribution in [0.1, 0.15) is 20.8 Å². The van der Waals surface area contributed by atoms with Gasteiger partial charge in [-0.25, -0.2) is 8.42 Å². The van der Waals surface area contributed by atoms with Crippen molar-refractivity contribution in [2.45, 2.75) is 36.1 Å². The maximum atomic E-state index is 12.6. The van der Waals surface area contributed by atoms with Crippen molar-refractivity contribution < 1.29 is 12.8 Å². The Bertz CT molecular complexity index is 838. The lowest BCUT2D eigenvalue weighted by Crippen LogP contribution is -2.30. The Labute approximate surface area is 145 Å². The summed E-state index contributed by atoms with van der Waals surface area (Å²) in [7, 11) is -3.55. The molecule has 24 heavy (non-hydrogen) atoms. The van der Waals surface area contributed by atoms with Gasteiger partial charge in [0, 0.05) is 18.7 Å². The van der Waals surface area contributed by atoms with Crippen molar-refractivity contribution in [1.29, 1.82) is 5.26 Å². The summed E-state index contributed by atoms with van der Waals surface area (Å²) in [5, 5.41) is 16.6. The normalized spacial score (nSPS) is 13.0. The monoisotopic (exact) mass is 366 g/mol. The standard InChI is InChI=1S/C15H18N4O3S2/c1-4-19(5-2)24(20,21)13-8-6-7-12(9-13)14-17-18-15(22-14)23-11(3)10-16/h6-9,11H,4-5H2,1-3H3. The van der Waals surface area contributed by atoms with Gasteiger partial charge in [-0.2, -0.15) is 9.57 Å². The highest BCUT2D eigenvalue weighted by Gasteiger charge is 2.22. The number of benzene rings is 1. The SMILES string of the molecule is CCN(CC)S(=O)(=O)c1cccc(-c2nnc(SC(C)C#N)o2)c1. The number of thioether (sulfide) groups is 1. The van der Waals surface area contributed by atoms with E-state index in [1.165, 1.54) is 10.4 Å². The minimum absolute atomic E-state index is 0.182. The Morgan fingerprint density at radius 1 is 1.33 bits per heavy atom. The molecule has 1 aromatic heterocycles. The van der Waals surface area contributed by atoms with E-state index in [4.69, 9.17) is 9.68 Å². The predicted octanol–water partition coefficient (Wildman–Crippen LogP) is 2.77. The van der Waals surface area contributed by atoms with Crippen LogP contribution >= 0.6 is 11.8 Å². The smallest absolute Gasteiger partial charge is 0.278 e. The van der Waals surface area contributed by atoms with Crippen LogP contribution in [0.2, 0.25) is 0 Å². The van der Waals surface area contributed by atoms with Crippen LogP contribution in [0.15, 0.2) is 38.8 Å². The second kappa shape index (κ2) is 7.79. The van der Waals surface area contributed by atoms with Crippen molar-refractivity contribution in [1.82, 2.24) is 14.5 Å². The number of aromatic nitrogens is 2. The van der Waals surface area contributed by atoms with Crippen molar-refractivity contribution in [3.05, 3.63) is 24.3 Å². The number of rotatable bonds is 7. The fourth-order valence-corrected chi connectivity index (χ4v) is 4.13. The Morgan fingerprint density at radius 2 is 2.04 bits per heavy atom. The molecular weight excluding hydrogens is 348 g/mol. The Morgan fingerprint density at radius 3 is 2.67 bits per heavy atom. The number of nitrogens with zero attached hydrogens (tertiary/aromatic N) is 4. The van der Waals surface area contributed by atoms with E-state index < -0.39 is 10.0 Å². The molecule has 0 aliphatic carbocycles. The number of sulfonamides is 1. The van der Waals surface area contributed by atoms with Gasteiger partial charge in [0.05, 0.1) is 16.2 Å². The topological polar surface area (TPSA) is 100 Å². The van der Waals surface area contributed by atoms with Gasteiger partial charge in [0.2, 0.25) is 15.9 Å². The van der Waals surface area contributed by atoms with Crippen molar-refractivity contribution in [3.63, 3.8) is 0 Å². The molecule has 0 saturated carbocycles. The summed E-state index contributed by atoms with van der Waals surface area (Å²) >= 11 is 1.15. The Hall–Kier alpha value is -1.89. The zero-order valence-corrected chi connectivity index (χ0v) is 15.3. The van der Waals surface area contributed by atoms with Crippen LogP contribution < -0.4 is 0 Å². The molecule has 0 amide bonds. The highest BCUT2D eigenvalue weighted by molar-refractivity contribution is 7.99. The van der Waals surface area contributed by atoms with Gasteiger partial charge in [0.1, 0.15) is 0 Å². The highest BCUT2D eigenvalue weighted by atomic mass is 32.2. The molecule has 0 spiro atoms. The first-order chi connectivity index (χ1) is 11.4. The largest absolute Gasteiger partial charge is 0.411 e. The molecule has 1 unspecified atom stereocenters. The number of nitriles is 1. The predicted molar refractivity (Wildman–Crippen MR) is 90.8 cm³/mol. The lowest BCUT2D eigenvalue weighted by molar-refractivity contribution is 0.445. The summed E-state index contributed by atoms with van der Waals surface area (Å²) in [6.07, 6.45) is 0. The first-order valence-electron chi connectivity index (χ1n) is 7.42. The summed E-state index contributed by atoms with van der Waals surface area (Å²) in [6, 6.07) is 8.47. The van der Waals surface area contributed by atoms with Crippen molar-refractivity contribution >= 4 is 21.8 Å². The van der Waals surface area contributed by atoms with Crippen LogP contribution in [0.4, 0.5) is 0 Å². The summed E-state index contributed by atoms with van der Waals surface area (Å²) in [4.78, 5) is 0.182. The Balaban J connectivity index is 2.33. The van der Waals surface area contributed by atoms with Crippen molar-refractivity contribution in [2.75, 3.05) is 13.1 Å². The molecule has 0 bridgehead atoms. The molecule has 0 aliphatic heterocycles. The molecule has 0 fully saturated rings. The van der Waals surface area contributed by atoms with Crippen LogP contribution in [0, 0.1) is 11.3 Å². The lowest BCUT2D eigenvalue weighted by Gasteiger charge is -2.18. The molecule has 1 atom stereocenters. The highest BCUT2D eigenvalue weighted by Crippen LogP contribution is 2.27. The van der Waals surface area contributed by atoms with Crippen LogP contribution in [-0.2, 0) is 10.0 Å². The fraction of sp³-hybridized carbons (Fsp3) is 0.400. The fourth-order valence-electron chi connectivity index (χ4n) is 2.05. The zero-order chi connectivity index (χ0) is 17.7. The number of hydrogen-bond donors (Lipinski definition) is 0. The maximum Gasteiger partial charge on any atom is 0.278 e. The van der Waals surface area contributed by atoms with E-state index in [1.54, 1.807) is 39.0 Å². The molecule has 2 rings (SSSR count). The van der Waals surface area contributed by atoms with E-state index in [-0.39, 0.29) is 21.3 Å². The number of hydrogen-bond acceptors (Lipinski definition) is 7. The molecule has 128 valence electrons. The minimum atomic E-state index is -3.55. The molecule has 7 nitrogen and oxygen atoms in total. The second-order valence-electron chi connectivity index (χ2n) is 4.88. The summed E-state index contributed by atoms with van der Waals surface area (Å²) in [6.45, 7) is 6.12. The molecule has 0 saturated heterocycles. The van der Waals surface area contributed by atoms with E-state index in [9.17, 15) is 8.42 Å². The van der Waals surface area contributed by atoms with E-state index in [0.29, 0.717) is 18.7 Å². The molecular formula is C15H18N4O3S2.